The molecule has 2 atom stereocenters. The zero-order valence-corrected chi connectivity index (χ0v) is 16.2. The number of hydrazine groups is 1. The number of ether oxygens (including phenoxy) is 1. The van der Waals surface area contributed by atoms with Crippen LogP contribution in [0, 0.1) is 0 Å². The van der Waals surface area contributed by atoms with Crippen LogP contribution in [-0.2, 0) is 11.3 Å². The fourth-order valence-corrected chi connectivity index (χ4v) is 3.13. The Morgan fingerprint density at radius 1 is 1.11 bits per heavy atom. The summed E-state index contributed by atoms with van der Waals surface area (Å²) in [6.45, 7) is 3.15. The van der Waals surface area contributed by atoms with Gasteiger partial charge in [0.25, 0.3) is 0 Å². The molecule has 2 unspecified atom stereocenters. The van der Waals surface area contributed by atoms with Crippen molar-refractivity contribution in [1.82, 2.24) is 16.2 Å². The largest absolute Gasteiger partial charge is 0.494 e. The number of hydrogen-bond acceptors (Lipinski definition) is 5. The highest BCUT2D eigenvalue weighted by Gasteiger charge is 2.29. The van der Waals surface area contributed by atoms with Gasteiger partial charge in [-0.25, -0.2) is 10.9 Å². The summed E-state index contributed by atoms with van der Waals surface area (Å²) in [6.07, 6.45) is 0.708. The Kier molecular flexibility index (Phi) is 6.32. The average Bonchev–Trinajstić information content (AvgIpc) is 3.17. The molecule has 1 fully saturated rings. The van der Waals surface area contributed by atoms with E-state index in [1.165, 1.54) is 0 Å². The van der Waals surface area contributed by atoms with E-state index in [0.717, 1.165) is 22.6 Å². The minimum atomic E-state index is -0.248. The average molecular weight is 368 g/mol. The van der Waals surface area contributed by atoms with Gasteiger partial charge in [0.15, 0.2) is 0 Å². The van der Waals surface area contributed by atoms with Crippen molar-refractivity contribution in [3.8, 4) is 5.75 Å². The number of carbonyl (C=O) groups excluding carboxylic acids is 1. The monoisotopic (exact) mass is 368 g/mol. The maximum atomic E-state index is 12.5. The highest BCUT2D eigenvalue weighted by molar-refractivity contribution is 5.82. The van der Waals surface area contributed by atoms with Gasteiger partial charge in [-0.3, -0.25) is 4.79 Å². The SMILES string of the molecule is CCOc1ccc(C2CC(C(=O)NCc3ccc(N(C)C)cc3)NN2)cc1. The fourth-order valence-electron chi connectivity index (χ4n) is 3.13. The number of nitrogens with zero attached hydrogens (tertiary/aromatic N) is 1. The lowest BCUT2D eigenvalue weighted by molar-refractivity contribution is -0.123. The van der Waals surface area contributed by atoms with Crippen LogP contribution in [0.4, 0.5) is 5.69 Å². The van der Waals surface area contributed by atoms with Crippen molar-refractivity contribution >= 4 is 11.6 Å². The van der Waals surface area contributed by atoms with Crippen LogP contribution in [0.5, 0.6) is 5.75 Å². The first-order chi connectivity index (χ1) is 13.1. The first-order valence-electron chi connectivity index (χ1n) is 9.34. The van der Waals surface area contributed by atoms with Crippen molar-refractivity contribution < 1.29 is 9.53 Å². The molecule has 1 saturated heterocycles. The minimum Gasteiger partial charge on any atom is -0.494 e. The van der Waals surface area contributed by atoms with E-state index in [2.05, 4.69) is 33.2 Å². The number of hydrogen-bond donors (Lipinski definition) is 3. The zero-order valence-electron chi connectivity index (χ0n) is 16.2. The molecule has 1 heterocycles. The lowest BCUT2D eigenvalue weighted by Crippen LogP contribution is -2.42. The van der Waals surface area contributed by atoms with E-state index in [-0.39, 0.29) is 18.0 Å². The summed E-state index contributed by atoms with van der Waals surface area (Å²) in [5, 5.41) is 3.01. The van der Waals surface area contributed by atoms with E-state index in [9.17, 15) is 4.79 Å². The van der Waals surface area contributed by atoms with Crippen LogP contribution in [0.25, 0.3) is 0 Å². The smallest absolute Gasteiger partial charge is 0.238 e. The second-order valence-corrected chi connectivity index (χ2v) is 6.91. The predicted octanol–water partition coefficient (Wildman–Crippen LogP) is 2.38. The number of carbonyl (C=O) groups is 1. The molecule has 6 heteroatoms. The van der Waals surface area contributed by atoms with E-state index in [1.54, 1.807) is 0 Å². The number of anilines is 1. The molecule has 1 aliphatic heterocycles. The summed E-state index contributed by atoms with van der Waals surface area (Å²) in [6, 6.07) is 16.1. The number of amides is 1. The van der Waals surface area contributed by atoms with Gasteiger partial charge in [-0.05, 0) is 48.7 Å². The molecular weight excluding hydrogens is 340 g/mol. The summed E-state index contributed by atoms with van der Waals surface area (Å²) in [7, 11) is 4.02. The lowest BCUT2D eigenvalue weighted by Gasteiger charge is -2.14. The fraction of sp³-hybridized carbons (Fsp3) is 0.381. The topological polar surface area (TPSA) is 65.6 Å². The van der Waals surface area contributed by atoms with E-state index >= 15 is 0 Å². The maximum Gasteiger partial charge on any atom is 0.238 e. The Labute approximate surface area is 160 Å². The van der Waals surface area contributed by atoms with Crippen LogP contribution in [0.15, 0.2) is 48.5 Å². The van der Waals surface area contributed by atoms with E-state index < -0.39 is 0 Å². The molecule has 27 heavy (non-hydrogen) atoms. The molecule has 6 nitrogen and oxygen atoms in total. The third kappa shape index (κ3) is 4.99. The number of benzene rings is 2. The molecule has 0 saturated carbocycles. The van der Waals surface area contributed by atoms with Crippen molar-refractivity contribution in [1.29, 1.82) is 0 Å². The van der Waals surface area contributed by atoms with Crippen LogP contribution in [0.1, 0.15) is 30.5 Å². The van der Waals surface area contributed by atoms with Gasteiger partial charge in [-0.2, -0.15) is 0 Å². The molecule has 0 bridgehead atoms. The molecular formula is C21H28N4O2. The highest BCUT2D eigenvalue weighted by Crippen LogP contribution is 2.24. The quantitative estimate of drug-likeness (QED) is 0.700. The molecule has 3 N–H and O–H groups in total. The maximum absolute atomic E-state index is 12.5. The first kappa shape index (κ1) is 19.2. The molecule has 0 spiro atoms. The van der Waals surface area contributed by atoms with Gasteiger partial charge in [0.05, 0.1) is 6.61 Å². The zero-order chi connectivity index (χ0) is 19.2. The minimum absolute atomic E-state index is 0.00706. The van der Waals surface area contributed by atoms with Gasteiger partial charge in [-0.15, -0.1) is 0 Å². The van der Waals surface area contributed by atoms with E-state index in [1.807, 2.05) is 57.4 Å². The van der Waals surface area contributed by atoms with Gasteiger partial charge in [-0.1, -0.05) is 24.3 Å². The Balaban J connectivity index is 1.50. The molecule has 0 radical (unpaired) electrons. The summed E-state index contributed by atoms with van der Waals surface area (Å²) < 4.78 is 5.47. The van der Waals surface area contributed by atoms with E-state index in [4.69, 9.17) is 4.74 Å². The normalized spacial score (nSPS) is 18.9. The standard InChI is InChI=1S/C21H28N4O2/c1-4-27-18-11-7-16(8-12-18)19-13-20(24-23-19)21(26)22-14-15-5-9-17(10-6-15)25(2)3/h5-12,19-20,23-24H,4,13-14H2,1-3H3,(H,22,26). The molecule has 0 aliphatic carbocycles. The van der Waals surface area contributed by atoms with Gasteiger partial charge < -0.3 is 15.0 Å². The molecule has 0 aromatic heterocycles. The van der Waals surface area contributed by atoms with Crippen molar-refractivity contribution in [2.75, 3.05) is 25.6 Å². The van der Waals surface area contributed by atoms with Crippen LogP contribution >= 0.6 is 0 Å². The summed E-state index contributed by atoms with van der Waals surface area (Å²) in [5.74, 6) is 0.870. The van der Waals surface area contributed by atoms with Crippen molar-refractivity contribution in [3.63, 3.8) is 0 Å². The number of rotatable bonds is 7. The van der Waals surface area contributed by atoms with Crippen molar-refractivity contribution in [2.24, 2.45) is 0 Å². The van der Waals surface area contributed by atoms with E-state index in [0.29, 0.717) is 19.6 Å². The summed E-state index contributed by atoms with van der Waals surface area (Å²) >= 11 is 0. The van der Waals surface area contributed by atoms with Crippen LogP contribution < -0.4 is 25.8 Å². The molecule has 2 aromatic rings. The third-order valence-corrected chi connectivity index (χ3v) is 4.73. The van der Waals surface area contributed by atoms with Crippen LogP contribution in [0.2, 0.25) is 0 Å². The summed E-state index contributed by atoms with van der Waals surface area (Å²) in [5.41, 5.74) is 9.69. The second kappa shape index (κ2) is 8.88. The Morgan fingerprint density at radius 2 is 1.81 bits per heavy atom. The molecule has 1 aliphatic rings. The first-order valence-corrected chi connectivity index (χ1v) is 9.34. The van der Waals surface area contributed by atoms with Crippen LogP contribution in [-0.4, -0.2) is 32.7 Å². The Bertz CT molecular complexity index is 744. The van der Waals surface area contributed by atoms with Crippen molar-refractivity contribution in [3.05, 3.63) is 59.7 Å². The van der Waals surface area contributed by atoms with Crippen molar-refractivity contribution in [2.45, 2.75) is 32.0 Å². The third-order valence-electron chi connectivity index (χ3n) is 4.73. The van der Waals surface area contributed by atoms with Gasteiger partial charge in [0, 0.05) is 32.4 Å². The second-order valence-electron chi connectivity index (χ2n) is 6.91. The van der Waals surface area contributed by atoms with Crippen LogP contribution in [0.3, 0.4) is 0 Å². The molecule has 1 amide bonds. The Morgan fingerprint density at radius 3 is 2.44 bits per heavy atom. The van der Waals surface area contributed by atoms with Gasteiger partial charge >= 0.3 is 0 Å². The molecule has 144 valence electrons. The lowest BCUT2D eigenvalue weighted by atomic mass is 10.0. The number of nitrogens with one attached hydrogen (secondary N) is 3. The molecule has 3 rings (SSSR count). The van der Waals surface area contributed by atoms with Gasteiger partial charge in [0.2, 0.25) is 5.91 Å². The molecule has 2 aromatic carbocycles. The Hall–Kier alpha value is -2.57. The highest BCUT2D eigenvalue weighted by atomic mass is 16.5. The summed E-state index contributed by atoms with van der Waals surface area (Å²) in [4.78, 5) is 14.5. The predicted molar refractivity (Wildman–Crippen MR) is 108 cm³/mol. The van der Waals surface area contributed by atoms with Gasteiger partial charge in [0.1, 0.15) is 11.8 Å².